The standard InChI is InChI=1S/C39H28N2/c1-39(2)30-20-10-8-18-28(30)33-35-29-19-9-11-21-31(29)41(25-15-12-22-40-23-25)38(35)34-27-17-7-6-16-26(27)32(36(34)37(33)39)24-13-4-3-5-14-24/h3-23,32H,1-2H3. The van der Waals surface area contributed by atoms with Gasteiger partial charge in [-0.2, -0.15) is 0 Å². The van der Waals surface area contributed by atoms with Gasteiger partial charge < -0.3 is 4.57 Å². The van der Waals surface area contributed by atoms with Crippen molar-refractivity contribution in [3.8, 4) is 27.9 Å². The molecule has 2 aliphatic carbocycles. The zero-order valence-electron chi connectivity index (χ0n) is 23.1. The molecule has 194 valence electrons. The van der Waals surface area contributed by atoms with E-state index in [0.29, 0.717) is 0 Å². The summed E-state index contributed by atoms with van der Waals surface area (Å²) in [6.45, 7) is 4.85. The van der Waals surface area contributed by atoms with Crippen LogP contribution in [0.3, 0.4) is 0 Å². The van der Waals surface area contributed by atoms with Gasteiger partial charge in [-0.3, -0.25) is 4.98 Å². The zero-order chi connectivity index (χ0) is 27.3. The van der Waals surface area contributed by atoms with Crippen molar-refractivity contribution in [3.63, 3.8) is 0 Å². The maximum atomic E-state index is 4.57. The third-order valence-electron chi connectivity index (χ3n) is 9.51. The molecule has 0 saturated carbocycles. The maximum absolute atomic E-state index is 4.57. The first-order valence-electron chi connectivity index (χ1n) is 14.4. The normalized spacial score (nSPS) is 16.0. The maximum Gasteiger partial charge on any atom is 0.0645 e. The fourth-order valence-electron chi connectivity index (χ4n) is 7.98. The Morgan fingerprint density at radius 1 is 0.683 bits per heavy atom. The topological polar surface area (TPSA) is 17.8 Å². The first-order valence-corrected chi connectivity index (χ1v) is 14.4. The molecule has 0 radical (unpaired) electrons. The lowest BCUT2D eigenvalue weighted by molar-refractivity contribution is 0.651. The Hall–Kier alpha value is -4.95. The average Bonchev–Trinajstić information content (AvgIpc) is 3.62. The molecule has 2 heterocycles. The van der Waals surface area contributed by atoms with Crippen molar-refractivity contribution in [2.24, 2.45) is 0 Å². The van der Waals surface area contributed by atoms with Crippen LogP contribution in [-0.2, 0) is 5.41 Å². The van der Waals surface area contributed by atoms with Gasteiger partial charge in [-0.05, 0) is 62.7 Å². The number of pyridine rings is 1. The van der Waals surface area contributed by atoms with Gasteiger partial charge in [0.25, 0.3) is 0 Å². The van der Waals surface area contributed by atoms with Gasteiger partial charge in [0.05, 0.1) is 22.9 Å². The molecule has 5 aromatic carbocycles. The molecule has 0 aliphatic heterocycles. The minimum Gasteiger partial charge on any atom is -0.307 e. The van der Waals surface area contributed by atoms with Crippen LogP contribution in [0.25, 0.3) is 49.7 Å². The predicted octanol–water partition coefficient (Wildman–Crippen LogP) is 9.65. The molecular formula is C39H28N2. The van der Waals surface area contributed by atoms with Gasteiger partial charge in [-0.15, -0.1) is 0 Å². The molecule has 9 rings (SSSR count). The van der Waals surface area contributed by atoms with Crippen molar-refractivity contribution in [2.75, 3.05) is 0 Å². The van der Waals surface area contributed by atoms with E-state index in [1.165, 1.54) is 71.9 Å². The second-order valence-electron chi connectivity index (χ2n) is 11.9. The lowest BCUT2D eigenvalue weighted by Crippen LogP contribution is -2.19. The Labute approximate surface area is 239 Å². The number of rotatable bonds is 2. The van der Waals surface area contributed by atoms with E-state index in [4.69, 9.17) is 0 Å². The number of hydrogen-bond acceptors (Lipinski definition) is 1. The lowest BCUT2D eigenvalue weighted by Gasteiger charge is -2.28. The van der Waals surface area contributed by atoms with E-state index in [2.05, 4.69) is 133 Å². The predicted molar refractivity (Wildman–Crippen MR) is 169 cm³/mol. The van der Waals surface area contributed by atoms with Gasteiger partial charge in [0.1, 0.15) is 0 Å². The van der Waals surface area contributed by atoms with Gasteiger partial charge in [-0.1, -0.05) is 111 Å². The Morgan fingerprint density at radius 3 is 2.24 bits per heavy atom. The van der Waals surface area contributed by atoms with Crippen molar-refractivity contribution in [1.29, 1.82) is 0 Å². The van der Waals surface area contributed by atoms with E-state index < -0.39 is 0 Å². The highest BCUT2D eigenvalue weighted by molar-refractivity contribution is 6.23. The summed E-state index contributed by atoms with van der Waals surface area (Å²) in [6.07, 6.45) is 3.86. The number of hydrogen-bond donors (Lipinski definition) is 0. The molecule has 0 bridgehead atoms. The molecular weight excluding hydrogens is 496 g/mol. The Kier molecular flexibility index (Phi) is 4.48. The minimum absolute atomic E-state index is 0.142. The van der Waals surface area contributed by atoms with Crippen LogP contribution in [-0.4, -0.2) is 9.55 Å². The molecule has 2 heteroatoms. The smallest absolute Gasteiger partial charge is 0.0645 e. The van der Waals surface area contributed by atoms with E-state index in [1.807, 2.05) is 18.5 Å². The van der Waals surface area contributed by atoms with Crippen LogP contribution in [0.1, 0.15) is 47.6 Å². The van der Waals surface area contributed by atoms with Crippen molar-refractivity contribution >= 4 is 21.8 Å². The highest BCUT2D eigenvalue weighted by Gasteiger charge is 2.45. The fraction of sp³-hybridized carbons (Fsp3) is 0.103. The Morgan fingerprint density at radius 2 is 1.41 bits per heavy atom. The summed E-state index contributed by atoms with van der Waals surface area (Å²) in [5.74, 6) is 0.162. The van der Waals surface area contributed by atoms with Crippen molar-refractivity contribution in [3.05, 3.63) is 155 Å². The van der Waals surface area contributed by atoms with Crippen LogP contribution in [0.2, 0.25) is 0 Å². The van der Waals surface area contributed by atoms with E-state index in [1.54, 1.807) is 0 Å². The molecule has 2 aliphatic rings. The van der Waals surface area contributed by atoms with Crippen LogP contribution in [0.5, 0.6) is 0 Å². The summed E-state index contributed by atoms with van der Waals surface area (Å²) in [6, 6.07) is 42.4. The summed E-state index contributed by atoms with van der Waals surface area (Å²) >= 11 is 0. The van der Waals surface area contributed by atoms with Gasteiger partial charge in [0.2, 0.25) is 0 Å². The van der Waals surface area contributed by atoms with E-state index in [9.17, 15) is 0 Å². The molecule has 1 atom stereocenters. The first-order chi connectivity index (χ1) is 20.2. The number of fused-ring (bicyclic) bond motifs is 12. The lowest BCUT2D eigenvalue weighted by atomic mass is 9.75. The van der Waals surface area contributed by atoms with E-state index in [0.717, 1.165) is 5.69 Å². The molecule has 2 nitrogen and oxygen atoms in total. The number of para-hydroxylation sites is 1. The molecule has 1 unspecified atom stereocenters. The highest BCUT2D eigenvalue weighted by atomic mass is 15.0. The molecule has 7 aromatic rings. The fourth-order valence-corrected chi connectivity index (χ4v) is 7.98. The average molecular weight is 525 g/mol. The quantitative estimate of drug-likeness (QED) is 0.220. The summed E-state index contributed by atoms with van der Waals surface area (Å²) in [4.78, 5) is 4.57. The Balaban J connectivity index is 1.60. The zero-order valence-corrected chi connectivity index (χ0v) is 23.1. The molecule has 0 N–H and O–H groups in total. The molecule has 0 amide bonds. The van der Waals surface area contributed by atoms with Crippen LogP contribution >= 0.6 is 0 Å². The van der Waals surface area contributed by atoms with Crippen molar-refractivity contribution < 1.29 is 0 Å². The number of benzene rings is 5. The molecule has 0 fully saturated rings. The van der Waals surface area contributed by atoms with E-state index >= 15 is 0 Å². The first kappa shape index (κ1) is 22.8. The van der Waals surface area contributed by atoms with Crippen LogP contribution in [0.4, 0.5) is 0 Å². The van der Waals surface area contributed by atoms with Crippen molar-refractivity contribution in [2.45, 2.75) is 25.2 Å². The Bertz CT molecular complexity index is 2170. The molecule has 41 heavy (non-hydrogen) atoms. The monoisotopic (exact) mass is 524 g/mol. The van der Waals surface area contributed by atoms with Gasteiger partial charge in [-0.25, -0.2) is 0 Å². The summed E-state index contributed by atoms with van der Waals surface area (Å²) in [5.41, 5.74) is 16.0. The van der Waals surface area contributed by atoms with Gasteiger partial charge >= 0.3 is 0 Å². The van der Waals surface area contributed by atoms with Crippen LogP contribution in [0.15, 0.2) is 128 Å². The summed E-state index contributed by atoms with van der Waals surface area (Å²) < 4.78 is 2.47. The van der Waals surface area contributed by atoms with Gasteiger partial charge in [0.15, 0.2) is 0 Å². The van der Waals surface area contributed by atoms with Crippen molar-refractivity contribution in [1.82, 2.24) is 9.55 Å². The highest BCUT2D eigenvalue weighted by Crippen LogP contribution is 2.62. The molecule has 2 aromatic heterocycles. The van der Waals surface area contributed by atoms with Crippen LogP contribution < -0.4 is 0 Å². The SMILES string of the molecule is CC1(C)c2ccccc2-c2c1c1c(c3c2c2ccccc2n3-c2cccnc2)-c2ccccc2C1c1ccccc1. The second kappa shape index (κ2) is 8.05. The van der Waals surface area contributed by atoms with E-state index in [-0.39, 0.29) is 11.3 Å². The largest absolute Gasteiger partial charge is 0.307 e. The minimum atomic E-state index is -0.142. The number of aromatic nitrogens is 2. The molecule has 0 spiro atoms. The second-order valence-corrected chi connectivity index (χ2v) is 11.9. The number of nitrogens with zero attached hydrogens (tertiary/aromatic N) is 2. The van der Waals surface area contributed by atoms with Crippen LogP contribution in [0, 0.1) is 0 Å². The summed E-state index contributed by atoms with van der Waals surface area (Å²) in [7, 11) is 0. The summed E-state index contributed by atoms with van der Waals surface area (Å²) in [5, 5.41) is 2.64. The molecule has 0 saturated heterocycles. The van der Waals surface area contributed by atoms with Gasteiger partial charge in [0, 0.05) is 33.9 Å². The third-order valence-corrected chi connectivity index (χ3v) is 9.51. The third kappa shape index (κ3) is 2.84.